The number of benzene rings is 14. The molecule has 14 aromatic carbocycles. The number of para-hydroxylation sites is 2. The summed E-state index contributed by atoms with van der Waals surface area (Å²) in [6.07, 6.45) is 9.49. The second kappa shape index (κ2) is 32.7. The Bertz CT molecular complexity index is 6400. The van der Waals surface area contributed by atoms with E-state index < -0.39 is 0 Å². The molecule has 122 heavy (non-hydrogen) atoms. The molecule has 6 heteroatoms. The molecule has 0 saturated heterocycles. The van der Waals surface area contributed by atoms with E-state index >= 15 is 0 Å². The lowest BCUT2D eigenvalue weighted by atomic mass is 9.78. The zero-order chi connectivity index (χ0) is 85.0. The van der Waals surface area contributed by atoms with E-state index in [1.165, 1.54) is 122 Å². The van der Waals surface area contributed by atoms with Gasteiger partial charge in [0.15, 0.2) is 5.69 Å². The van der Waals surface area contributed by atoms with E-state index in [4.69, 9.17) is 16.3 Å². The van der Waals surface area contributed by atoms with Crippen molar-refractivity contribution < 1.29 is 9.30 Å². The highest BCUT2D eigenvalue weighted by Crippen LogP contribution is 2.46. The molecule has 0 radical (unpaired) electrons. The van der Waals surface area contributed by atoms with Crippen LogP contribution in [0.4, 0.5) is 5.69 Å². The lowest BCUT2D eigenvalue weighted by Crippen LogP contribution is -2.32. The van der Waals surface area contributed by atoms with Gasteiger partial charge in [0.2, 0.25) is 6.33 Å². The van der Waals surface area contributed by atoms with Gasteiger partial charge in [-0.3, -0.25) is 4.57 Å². The minimum atomic E-state index is -0.133. The average molecular weight is 1590 g/mol. The minimum Gasteiger partial charge on any atom is -0.459 e. The first kappa shape index (κ1) is 81.2. The molecule has 0 aliphatic heterocycles. The Labute approximate surface area is 722 Å². The Morgan fingerprint density at radius 3 is 1.25 bits per heavy atom. The summed E-state index contributed by atoms with van der Waals surface area (Å²) in [7, 11) is 0. The first-order valence-corrected chi connectivity index (χ1v) is 43.3. The van der Waals surface area contributed by atoms with Crippen molar-refractivity contribution in [1.29, 1.82) is 0 Å². The van der Waals surface area contributed by atoms with E-state index in [0.717, 1.165) is 87.7 Å². The molecule has 0 bridgehead atoms. The first-order valence-electron chi connectivity index (χ1n) is 43.3. The number of nitrogens with zero attached hydrogens (tertiary/aromatic N) is 5. The Morgan fingerprint density at radius 1 is 0.328 bits per heavy atom. The van der Waals surface area contributed by atoms with Crippen molar-refractivity contribution in [2.24, 2.45) is 0 Å². The highest BCUT2D eigenvalue weighted by Gasteiger charge is 2.27. The summed E-state index contributed by atoms with van der Waals surface area (Å²) in [5.74, 6) is 2.01. The summed E-state index contributed by atoms with van der Waals surface area (Å²) in [5, 5.41) is 2.17. The quantitative estimate of drug-likeness (QED) is 0.0460. The molecule has 0 spiro atoms. The predicted molar refractivity (Wildman–Crippen MR) is 514 cm³/mol. The van der Waals surface area contributed by atoms with Crippen LogP contribution in [-0.2, 0) is 40.0 Å². The second-order valence-corrected chi connectivity index (χ2v) is 38.5. The molecule has 3 heterocycles. The monoisotopic (exact) mass is 1590 g/mol. The highest BCUT2D eigenvalue weighted by atomic mass is 16.5. The van der Waals surface area contributed by atoms with Gasteiger partial charge in [0.1, 0.15) is 17.3 Å². The van der Waals surface area contributed by atoms with Gasteiger partial charge < -0.3 is 13.9 Å². The lowest BCUT2D eigenvalue weighted by molar-refractivity contribution is -0.676. The fourth-order valence-corrected chi connectivity index (χ4v) is 17.3. The van der Waals surface area contributed by atoms with Crippen LogP contribution in [0.2, 0.25) is 0 Å². The normalized spacial score (nSPS) is 12.2. The van der Waals surface area contributed by atoms with Crippen molar-refractivity contribution in [2.75, 3.05) is 0 Å². The molecule has 604 valence electrons. The number of imidazole rings is 1. The van der Waals surface area contributed by atoms with E-state index in [-0.39, 0.29) is 27.1 Å². The van der Waals surface area contributed by atoms with Crippen LogP contribution in [0.3, 0.4) is 0 Å². The van der Waals surface area contributed by atoms with Gasteiger partial charge in [-0.15, -0.1) is 0 Å². The standard InChI is InChI=1S/C116H109N5O/c1-112(2,3)93-52-53-118-111(71-93)121-107-51-48-81(86-57-87(89-64-94(113(4,5)6)69-95(65-89)114(7,8)9)59-88(58-86)90-66-96(115(10,11)12)70-97(67-90)116(13,14)15)68-106(107)105-50-49-100(75-110(105)121)122-101-73-98(117-16)72-99(74-101)120-76-119(108-46-31-32-47-109(108)120)54-33-21-30-43-104-102(91-60-82(77-35-22-17-23-36-77)55-83(61-91)78-37-24-18-25-38-78)44-34-45-103(104)92-62-84(79-39-26-19-27-40-79)56-85(63-92)80-41-28-20-29-42-80/h17-20,22-29,31-32,34-42,44-53,55-75H,21,30,33,43,54H2,1-15H3. The molecule has 6 nitrogen and oxygen atoms in total. The third-order valence-corrected chi connectivity index (χ3v) is 24.4. The summed E-state index contributed by atoms with van der Waals surface area (Å²) in [6, 6.07) is 118. The molecule has 17 aromatic rings. The molecular weight excluding hydrogens is 1480 g/mol. The van der Waals surface area contributed by atoms with Gasteiger partial charge in [0.25, 0.3) is 0 Å². The van der Waals surface area contributed by atoms with Crippen molar-refractivity contribution >= 4 is 38.5 Å². The molecule has 17 rings (SSSR count). The van der Waals surface area contributed by atoms with Gasteiger partial charge in [-0.05, 0) is 289 Å². The summed E-state index contributed by atoms with van der Waals surface area (Å²) in [6.45, 7) is 44.0. The van der Waals surface area contributed by atoms with E-state index in [9.17, 15) is 0 Å². The van der Waals surface area contributed by atoms with Crippen molar-refractivity contribution in [1.82, 2.24) is 14.1 Å². The van der Waals surface area contributed by atoms with Crippen LogP contribution in [0.25, 0.3) is 149 Å². The number of hydrogen-bond donors (Lipinski definition) is 0. The van der Waals surface area contributed by atoms with E-state index in [2.05, 4.69) is 432 Å². The maximum absolute atomic E-state index is 8.55. The SMILES string of the molecule is [C-]#[N+]c1cc(Oc2ccc3c4cc(-c5cc(-c6cc(C(C)(C)C)cc(C(C)(C)C)c6)cc(-c6cc(C(C)(C)C)cc(C(C)(C)C)c6)c5)ccc4n(-c4cc(C(C)(C)C)ccn4)c3c2)cc(-n2[c-][n+](CCCCCc3c(-c4cc(-c5ccccc5)cc(-c5ccccc5)c4)cccc3-c3cc(-c4ccccc4)cc(-c4ccccc4)c3)c3ccccc32)c1. The summed E-state index contributed by atoms with van der Waals surface area (Å²) in [5.41, 5.74) is 34.1. The number of hydrogen-bond acceptors (Lipinski definition) is 2. The minimum absolute atomic E-state index is 0.0643. The molecule has 0 N–H and O–H groups in total. The Morgan fingerprint density at radius 2 is 0.770 bits per heavy atom. The highest BCUT2D eigenvalue weighted by molar-refractivity contribution is 6.11. The zero-order valence-electron chi connectivity index (χ0n) is 73.4. The van der Waals surface area contributed by atoms with Gasteiger partial charge in [0, 0.05) is 28.7 Å². The Kier molecular flexibility index (Phi) is 21.8. The average Bonchev–Trinajstić information content (AvgIpc) is 1.40. The largest absolute Gasteiger partial charge is 0.459 e. The van der Waals surface area contributed by atoms with Crippen LogP contribution < -0.4 is 9.30 Å². The molecule has 0 saturated carbocycles. The number of unbranched alkanes of at least 4 members (excludes halogenated alkanes) is 2. The predicted octanol–water partition coefficient (Wildman–Crippen LogP) is 31.5. The maximum atomic E-state index is 8.55. The van der Waals surface area contributed by atoms with Crippen molar-refractivity contribution in [2.45, 2.75) is 163 Å². The van der Waals surface area contributed by atoms with E-state index in [1.54, 1.807) is 0 Å². The van der Waals surface area contributed by atoms with Gasteiger partial charge in [-0.25, -0.2) is 9.83 Å². The van der Waals surface area contributed by atoms with Gasteiger partial charge in [0.05, 0.1) is 35.2 Å². The van der Waals surface area contributed by atoms with Crippen LogP contribution in [0.15, 0.2) is 328 Å². The zero-order valence-corrected chi connectivity index (χ0v) is 73.4. The molecule has 3 aromatic heterocycles. The van der Waals surface area contributed by atoms with Crippen LogP contribution >= 0.6 is 0 Å². The first-order chi connectivity index (χ1) is 58.5. The van der Waals surface area contributed by atoms with Crippen molar-refractivity contribution in [3.05, 3.63) is 379 Å². The molecule has 0 fully saturated rings. The van der Waals surface area contributed by atoms with Crippen LogP contribution in [0.5, 0.6) is 11.5 Å². The third-order valence-electron chi connectivity index (χ3n) is 24.4. The van der Waals surface area contributed by atoms with Gasteiger partial charge in [-0.1, -0.05) is 316 Å². The number of rotatable bonds is 19. The summed E-state index contributed by atoms with van der Waals surface area (Å²) < 4.78 is 13.8. The molecular formula is C116H109N5O. The van der Waals surface area contributed by atoms with Crippen LogP contribution in [0, 0.1) is 12.9 Å². The Balaban J connectivity index is 0.712. The van der Waals surface area contributed by atoms with E-state index in [1.807, 2.05) is 24.4 Å². The molecule has 0 amide bonds. The summed E-state index contributed by atoms with van der Waals surface area (Å²) >= 11 is 0. The third kappa shape index (κ3) is 17.2. The maximum Gasteiger partial charge on any atom is 0.244 e. The van der Waals surface area contributed by atoms with E-state index in [0.29, 0.717) is 17.2 Å². The summed E-state index contributed by atoms with van der Waals surface area (Å²) in [4.78, 5) is 9.24. The lowest BCUT2D eigenvalue weighted by Gasteiger charge is -2.27. The van der Waals surface area contributed by atoms with Crippen molar-refractivity contribution in [3.8, 4) is 123 Å². The van der Waals surface area contributed by atoms with Gasteiger partial charge in [-0.2, -0.15) is 0 Å². The Hall–Kier alpha value is -13.2. The van der Waals surface area contributed by atoms with Crippen LogP contribution in [0.1, 0.15) is 156 Å². The fraction of sp³-hybridized carbons (Fsp3) is 0.216. The van der Waals surface area contributed by atoms with Gasteiger partial charge >= 0.3 is 0 Å². The van der Waals surface area contributed by atoms with Crippen molar-refractivity contribution in [3.63, 3.8) is 0 Å². The molecule has 0 unspecified atom stereocenters. The number of fused-ring (bicyclic) bond motifs is 4. The number of aryl methyl sites for hydroxylation is 1. The number of pyridine rings is 1. The topological polar surface area (TPSA) is 40.2 Å². The number of ether oxygens (including phenoxy) is 1. The number of aromatic nitrogens is 4. The van der Waals surface area contributed by atoms with Crippen LogP contribution in [-0.4, -0.2) is 14.1 Å². The molecule has 0 aliphatic carbocycles. The fourth-order valence-electron chi connectivity index (χ4n) is 17.3. The molecule has 0 atom stereocenters. The second-order valence-electron chi connectivity index (χ2n) is 38.5. The molecule has 0 aliphatic rings. The smallest absolute Gasteiger partial charge is 0.244 e.